The van der Waals surface area contributed by atoms with Gasteiger partial charge in [0.1, 0.15) is 0 Å². The molecule has 1 aromatic heterocycles. The smallest absolute Gasteiger partial charge is 0.231 e. The van der Waals surface area contributed by atoms with Crippen LogP contribution in [0.1, 0.15) is 25.3 Å². The Bertz CT molecular complexity index is 689. The van der Waals surface area contributed by atoms with Crippen LogP contribution in [0.4, 0.5) is 11.6 Å². The molecule has 1 fully saturated rings. The van der Waals surface area contributed by atoms with Gasteiger partial charge in [0.25, 0.3) is 0 Å². The summed E-state index contributed by atoms with van der Waals surface area (Å²) in [6.07, 6.45) is 5.41. The summed E-state index contributed by atoms with van der Waals surface area (Å²) >= 11 is 0. The minimum Gasteiger partial charge on any atom is -0.340 e. The van der Waals surface area contributed by atoms with E-state index in [-0.39, 0.29) is 11.8 Å². The molecule has 1 aliphatic rings. The summed E-state index contributed by atoms with van der Waals surface area (Å²) in [7, 11) is 0. The Morgan fingerprint density at radius 2 is 2.00 bits per heavy atom. The zero-order chi connectivity index (χ0) is 16.9. The van der Waals surface area contributed by atoms with Crippen molar-refractivity contribution in [3.05, 3.63) is 48.3 Å². The number of rotatable bonds is 4. The number of aryl methyl sites for hydroxylation is 1. The SMILES string of the molecule is CCN(C(=O)[C@H]1CCCN(c2ncccn2)C1)c1ccccc1C. The molecule has 0 bridgehead atoms. The first-order valence-corrected chi connectivity index (χ1v) is 8.59. The van der Waals surface area contributed by atoms with Crippen molar-refractivity contribution in [2.75, 3.05) is 29.4 Å². The molecule has 0 unspecified atom stereocenters. The summed E-state index contributed by atoms with van der Waals surface area (Å²) < 4.78 is 0. The quantitative estimate of drug-likeness (QED) is 0.867. The van der Waals surface area contributed by atoms with Gasteiger partial charge in [0.05, 0.1) is 5.92 Å². The van der Waals surface area contributed by atoms with Crippen LogP contribution in [0.25, 0.3) is 0 Å². The highest BCUT2D eigenvalue weighted by atomic mass is 16.2. The first kappa shape index (κ1) is 16.4. The molecular weight excluding hydrogens is 300 g/mol. The summed E-state index contributed by atoms with van der Waals surface area (Å²) in [5.41, 5.74) is 2.14. The predicted molar refractivity (Wildman–Crippen MR) is 96.2 cm³/mol. The van der Waals surface area contributed by atoms with E-state index in [4.69, 9.17) is 0 Å². The fourth-order valence-electron chi connectivity index (χ4n) is 3.35. The highest BCUT2D eigenvalue weighted by Gasteiger charge is 2.30. The second-order valence-corrected chi connectivity index (χ2v) is 6.20. The van der Waals surface area contributed by atoms with Crippen LogP contribution in [-0.4, -0.2) is 35.5 Å². The molecule has 0 saturated carbocycles. The summed E-state index contributed by atoms with van der Waals surface area (Å²) in [5, 5.41) is 0. The van der Waals surface area contributed by atoms with Crippen molar-refractivity contribution < 1.29 is 4.79 Å². The third kappa shape index (κ3) is 3.40. The van der Waals surface area contributed by atoms with Crippen LogP contribution >= 0.6 is 0 Å². The zero-order valence-corrected chi connectivity index (χ0v) is 14.4. The summed E-state index contributed by atoms with van der Waals surface area (Å²) in [5.74, 6) is 0.906. The van der Waals surface area contributed by atoms with E-state index < -0.39 is 0 Å². The Balaban J connectivity index is 1.77. The van der Waals surface area contributed by atoms with Crippen molar-refractivity contribution >= 4 is 17.5 Å². The maximum atomic E-state index is 13.1. The molecule has 5 heteroatoms. The van der Waals surface area contributed by atoms with E-state index in [1.54, 1.807) is 12.4 Å². The molecule has 0 radical (unpaired) electrons. The lowest BCUT2D eigenvalue weighted by Crippen LogP contribution is -2.45. The average Bonchev–Trinajstić information content (AvgIpc) is 2.64. The van der Waals surface area contributed by atoms with E-state index in [9.17, 15) is 4.79 Å². The summed E-state index contributed by atoms with van der Waals surface area (Å²) in [6.45, 7) is 6.36. The van der Waals surface area contributed by atoms with Gasteiger partial charge >= 0.3 is 0 Å². The first-order valence-electron chi connectivity index (χ1n) is 8.59. The molecule has 3 rings (SSSR count). The summed E-state index contributed by atoms with van der Waals surface area (Å²) in [4.78, 5) is 25.8. The number of hydrogen-bond acceptors (Lipinski definition) is 4. The number of hydrogen-bond donors (Lipinski definition) is 0. The number of anilines is 2. The van der Waals surface area contributed by atoms with Gasteiger partial charge in [-0.25, -0.2) is 9.97 Å². The zero-order valence-electron chi connectivity index (χ0n) is 14.4. The van der Waals surface area contributed by atoms with Gasteiger partial charge in [0.2, 0.25) is 11.9 Å². The number of aromatic nitrogens is 2. The molecule has 1 aromatic carbocycles. The molecule has 2 aromatic rings. The van der Waals surface area contributed by atoms with Crippen LogP contribution in [0, 0.1) is 12.8 Å². The predicted octanol–water partition coefficient (Wildman–Crippen LogP) is 3.05. The maximum Gasteiger partial charge on any atom is 0.231 e. The number of carbonyl (C=O) groups excluding carboxylic acids is 1. The van der Waals surface area contributed by atoms with Crippen LogP contribution in [0.2, 0.25) is 0 Å². The van der Waals surface area contributed by atoms with Crippen molar-refractivity contribution in [3.63, 3.8) is 0 Å². The second kappa shape index (κ2) is 7.43. The lowest BCUT2D eigenvalue weighted by Gasteiger charge is -2.35. The highest BCUT2D eigenvalue weighted by molar-refractivity contribution is 5.96. The van der Waals surface area contributed by atoms with E-state index in [1.165, 1.54) is 0 Å². The van der Waals surface area contributed by atoms with Crippen molar-refractivity contribution in [2.45, 2.75) is 26.7 Å². The molecule has 0 N–H and O–H groups in total. The lowest BCUT2D eigenvalue weighted by atomic mass is 9.96. The molecule has 126 valence electrons. The topological polar surface area (TPSA) is 49.3 Å². The average molecular weight is 324 g/mol. The van der Waals surface area contributed by atoms with Gasteiger partial charge in [-0.15, -0.1) is 0 Å². The molecule has 24 heavy (non-hydrogen) atoms. The standard InChI is InChI=1S/C19H24N4O/c1-3-23(17-10-5-4-8-15(17)2)18(24)16-9-6-13-22(14-16)19-20-11-7-12-21-19/h4-5,7-8,10-12,16H,3,6,9,13-14H2,1-2H3/t16-/m0/s1. The fourth-order valence-corrected chi connectivity index (χ4v) is 3.35. The Hall–Kier alpha value is -2.43. The normalized spacial score (nSPS) is 17.6. The number of nitrogens with zero attached hydrogens (tertiary/aromatic N) is 4. The maximum absolute atomic E-state index is 13.1. The molecular formula is C19H24N4O. The van der Waals surface area contributed by atoms with Crippen molar-refractivity contribution in [3.8, 4) is 0 Å². The van der Waals surface area contributed by atoms with Gasteiger partial charge < -0.3 is 9.80 Å². The van der Waals surface area contributed by atoms with E-state index >= 15 is 0 Å². The Kier molecular flexibility index (Phi) is 5.08. The number of para-hydroxylation sites is 1. The van der Waals surface area contributed by atoms with Gasteiger partial charge in [0.15, 0.2) is 0 Å². The van der Waals surface area contributed by atoms with Crippen molar-refractivity contribution in [2.24, 2.45) is 5.92 Å². The first-order chi connectivity index (χ1) is 11.7. The molecule has 0 spiro atoms. The molecule has 5 nitrogen and oxygen atoms in total. The van der Waals surface area contributed by atoms with Crippen molar-refractivity contribution in [1.29, 1.82) is 0 Å². The van der Waals surface area contributed by atoms with Crippen LogP contribution in [0.5, 0.6) is 0 Å². The Morgan fingerprint density at radius 1 is 1.25 bits per heavy atom. The Morgan fingerprint density at radius 3 is 2.71 bits per heavy atom. The number of carbonyl (C=O) groups is 1. The van der Waals surface area contributed by atoms with Crippen LogP contribution < -0.4 is 9.80 Å². The second-order valence-electron chi connectivity index (χ2n) is 6.20. The number of piperidine rings is 1. The summed E-state index contributed by atoms with van der Waals surface area (Å²) in [6, 6.07) is 9.89. The highest BCUT2D eigenvalue weighted by Crippen LogP contribution is 2.26. The molecule has 2 heterocycles. The van der Waals surface area contributed by atoms with Gasteiger partial charge in [0, 0.05) is 37.7 Å². The van der Waals surface area contributed by atoms with Gasteiger partial charge in [-0.1, -0.05) is 18.2 Å². The monoisotopic (exact) mass is 324 g/mol. The van der Waals surface area contributed by atoms with E-state index in [0.29, 0.717) is 19.0 Å². The number of amides is 1. The lowest BCUT2D eigenvalue weighted by molar-refractivity contribution is -0.122. The number of benzene rings is 1. The van der Waals surface area contributed by atoms with Crippen LogP contribution in [-0.2, 0) is 4.79 Å². The molecule has 0 aliphatic carbocycles. The van der Waals surface area contributed by atoms with E-state index in [1.807, 2.05) is 36.1 Å². The van der Waals surface area contributed by atoms with Crippen LogP contribution in [0.15, 0.2) is 42.7 Å². The van der Waals surface area contributed by atoms with Gasteiger partial charge in [-0.3, -0.25) is 4.79 Å². The molecule has 1 amide bonds. The van der Waals surface area contributed by atoms with Gasteiger partial charge in [-0.2, -0.15) is 0 Å². The molecule has 1 aliphatic heterocycles. The van der Waals surface area contributed by atoms with E-state index in [0.717, 1.165) is 30.6 Å². The van der Waals surface area contributed by atoms with Gasteiger partial charge in [-0.05, 0) is 44.4 Å². The largest absolute Gasteiger partial charge is 0.340 e. The Labute approximate surface area is 143 Å². The molecule has 1 atom stereocenters. The van der Waals surface area contributed by atoms with Crippen molar-refractivity contribution in [1.82, 2.24) is 9.97 Å². The minimum atomic E-state index is -0.0119. The van der Waals surface area contributed by atoms with Crippen LogP contribution in [0.3, 0.4) is 0 Å². The minimum absolute atomic E-state index is 0.0119. The van der Waals surface area contributed by atoms with E-state index in [2.05, 4.69) is 27.9 Å². The molecule has 1 saturated heterocycles. The third-order valence-electron chi connectivity index (χ3n) is 4.59. The third-order valence-corrected chi connectivity index (χ3v) is 4.59. The fraction of sp³-hybridized carbons (Fsp3) is 0.421.